The molecule has 0 aromatic heterocycles. The lowest BCUT2D eigenvalue weighted by molar-refractivity contribution is 0.129. The molecule has 1 aromatic rings. The lowest BCUT2D eigenvalue weighted by Gasteiger charge is -2.16. The summed E-state index contributed by atoms with van der Waals surface area (Å²) in [6.45, 7) is 7.08. The molecule has 2 atom stereocenters. The maximum atomic E-state index is 11.8. The average molecular weight is 279 g/mol. The summed E-state index contributed by atoms with van der Waals surface area (Å²) >= 11 is 0. The minimum absolute atomic E-state index is 0.0191. The van der Waals surface area contributed by atoms with Crippen molar-refractivity contribution >= 4 is 11.7 Å². The van der Waals surface area contributed by atoms with Crippen molar-refractivity contribution in [2.45, 2.75) is 32.9 Å². The molecule has 0 aliphatic heterocycles. The van der Waals surface area contributed by atoms with Crippen LogP contribution in [-0.2, 0) is 4.74 Å². The molecule has 20 heavy (non-hydrogen) atoms. The van der Waals surface area contributed by atoms with E-state index in [1.807, 2.05) is 45.2 Å². The van der Waals surface area contributed by atoms with Gasteiger partial charge in [0.25, 0.3) is 0 Å². The van der Waals surface area contributed by atoms with Gasteiger partial charge in [-0.3, -0.25) is 0 Å². The SMILES string of the molecule is CCOCC(C)NC(=O)Nc1cccc(C(C)NC)c1. The maximum Gasteiger partial charge on any atom is 0.319 e. The van der Waals surface area contributed by atoms with E-state index in [0.29, 0.717) is 13.2 Å². The minimum Gasteiger partial charge on any atom is -0.380 e. The lowest BCUT2D eigenvalue weighted by Crippen LogP contribution is -2.38. The quantitative estimate of drug-likeness (QED) is 0.718. The Kier molecular flexibility index (Phi) is 7.04. The van der Waals surface area contributed by atoms with Gasteiger partial charge in [-0.1, -0.05) is 12.1 Å². The fourth-order valence-electron chi connectivity index (χ4n) is 1.78. The maximum absolute atomic E-state index is 11.8. The molecule has 0 radical (unpaired) electrons. The van der Waals surface area contributed by atoms with Gasteiger partial charge >= 0.3 is 6.03 Å². The van der Waals surface area contributed by atoms with Crippen LogP contribution in [0.1, 0.15) is 32.4 Å². The summed E-state index contributed by atoms with van der Waals surface area (Å²) < 4.78 is 5.26. The second-order valence-electron chi connectivity index (χ2n) is 4.79. The number of nitrogens with one attached hydrogen (secondary N) is 3. The predicted octanol–water partition coefficient (Wildman–Crippen LogP) is 2.51. The van der Waals surface area contributed by atoms with E-state index in [0.717, 1.165) is 11.3 Å². The summed E-state index contributed by atoms with van der Waals surface area (Å²) in [4.78, 5) is 11.8. The predicted molar refractivity (Wildman–Crippen MR) is 82.0 cm³/mol. The zero-order chi connectivity index (χ0) is 15.0. The highest BCUT2D eigenvalue weighted by molar-refractivity contribution is 5.89. The monoisotopic (exact) mass is 279 g/mol. The Morgan fingerprint density at radius 1 is 1.35 bits per heavy atom. The third-order valence-corrected chi connectivity index (χ3v) is 3.03. The molecular formula is C15H25N3O2. The number of urea groups is 1. The summed E-state index contributed by atoms with van der Waals surface area (Å²) in [6, 6.07) is 7.81. The Labute approximate surface area is 121 Å². The Morgan fingerprint density at radius 3 is 2.75 bits per heavy atom. The van der Waals surface area contributed by atoms with E-state index in [1.54, 1.807) is 0 Å². The van der Waals surface area contributed by atoms with Crippen molar-refractivity contribution in [2.75, 3.05) is 25.6 Å². The Hall–Kier alpha value is -1.59. The van der Waals surface area contributed by atoms with Crippen molar-refractivity contribution in [3.8, 4) is 0 Å². The van der Waals surface area contributed by atoms with Crippen LogP contribution in [0.2, 0.25) is 0 Å². The summed E-state index contributed by atoms with van der Waals surface area (Å²) in [5, 5.41) is 8.84. The van der Waals surface area contributed by atoms with Gasteiger partial charge in [-0.2, -0.15) is 0 Å². The van der Waals surface area contributed by atoms with Crippen molar-refractivity contribution in [3.05, 3.63) is 29.8 Å². The topological polar surface area (TPSA) is 62.4 Å². The van der Waals surface area contributed by atoms with Crippen molar-refractivity contribution < 1.29 is 9.53 Å². The summed E-state index contributed by atoms with van der Waals surface area (Å²) in [6.07, 6.45) is 0. The van der Waals surface area contributed by atoms with Crippen molar-refractivity contribution in [3.63, 3.8) is 0 Å². The van der Waals surface area contributed by atoms with Gasteiger partial charge < -0.3 is 20.7 Å². The van der Waals surface area contributed by atoms with E-state index in [-0.39, 0.29) is 18.1 Å². The van der Waals surface area contributed by atoms with E-state index >= 15 is 0 Å². The van der Waals surface area contributed by atoms with Crippen LogP contribution in [0.3, 0.4) is 0 Å². The third kappa shape index (κ3) is 5.59. The number of benzene rings is 1. The molecule has 5 nitrogen and oxygen atoms in total. The lowest BCUT2D eigenvalue weighted by atomic mass is 10.1. The highest BCUT2D eigenvalue weighted by atomic mass is 16.5. The van der Waals surface area contributed by atoms with Crippen LogP contribution in [0.4, 0.5) is 10.5 Å². The van der Waals surface area contributed by atoms with E-state index in [4.69, 9.17) is 4.74 Å². The summed E-state index contributed by atoms with van der Waals surface area (Å²) in [7, 11) is 1.91. The molecule has 0 aliphatic rings. The Morgan fingerprint density at radius 2 is 2.10 bits per heavy atom. The molecule has 0 saturated heterocycles. The van der Waals surface area contributed by atoms with Crippen LogP contribution in [0.5, 0.6) is 0 Å². The number of hydrogen-bond donors (Lipinski definition) is 3. The standard InChI is InChI=1S/C15H25N3O2/c1-5-20-10-11(2)17-15(19)18-14-8-6-7-13(9-14)12(3)16-4/h6-9,11-12,16H,5,10H2,1-4H3,(H2,17,18,19). The highest BCUT2D eigenvalue weighted by Gasteiger charge is 2.08. The van der Waals surface area contributed by atoms with Crippen LogP contribution in [0.25, 0.3) is 0 Å². The summed E-state index contributed by atoms with van der Waals surface area (Å²) in [5.41, 5.74) is 1.92. The van der Waals surface area contributed by atoms with E-state index in [1.165, 1.54) is 0 Å². The molecule has 1 aromatic carbocycles. The zero-order valence-corrected chi connectivity index (χ0v) is 12.7. The Bertz CT molecular complexity index is 423. The first-order valence-electron chi connectivity index (χ1n) is 6.99. The van der Waals surface area contributed by atoms with Crippen LogP contribution < -0.4 is 16.0 Å². The first-order valence-corrected chi connectivity index (χ1v) is 6.99. The number of carbonyl (C=O) groups is 1. The molecule has 0 saturated carbocycles. The molecule has 0 bridgehead atoms. The molecule has 1 rings (SSSR count). The molecule has 112 valence electrons. The molecule has 0 heterocycles. The molecule has 0 fully saturated rings. The molecule has 3 N–H and O–H groups in total. The number of carbonyl (C=O) groups excluding carboxylic acids is 1. The highest BCUT2D eigenvalue weighted by Crippen LogP contribution is 2.16. The average Bonchev–Trinajstić information content (AvgIpc) is 2.44. The molecule has 2 amide bonds. The van der Waals surface area contributed by atoms with Crippen LogP contribution in [0, 0.1) is 0 Å². The molecule has 5 heteroatoms. The molecular weight excluding hydrogens is 254 g/mol. The molecule has 0 aliphatic carbocycles. The number of anilines is 1. The van der Waals surface area contributed by atoms with E-state index in [9.17, 15) is 4.79 Å². The van der Waals surface area contributed by atoms with Crippen LogP contribution >= 0.6 is 0 Å². The number of amides is 2. The normalized spacial score (nSPS) is 13.6. The first-order chi connectivity index (χ1) is 9.56. The van der Waals surface area contributed by atoms with Gasteiger partial charge in [-0.15, -0.1) is 0 Å². The zero-order valence-electron chi connectivity index (χ0n) is 12.7. The second-order valence-corrected chi connectivity index (χ2v) is 4.79. The van der Waals surface area contributed by atoms with E-state index < -0.39 is 0 Å². The molecule has 2 unspecified atom stereocenters. The second kappa shape index (κ2) is 8.55. The van der Waals surface area contributed by atoms with Crippen molar-refractivity contribution in [1.82, 2.24) is 10.6 Å². The van der Waals surface area contributed by atoms with E-state index in [2.05, 4.69) is 22.9 Å². The third-order valence-electron chi connectivity index (χ3n) is 3.03. The van der Waals surface area contributed by atoms with Crippen molar-refractivity contribution in [2.24, 2.45) is 0 Å². The van der Waals surface area contributed by atoms with Crippen molar-refractivity contribution in [1.29, 1.82) is 0 Å². The first kappa shape index (κ1) is 16.5. The van der Waals surface area contributed by atoms with Gasteiger partial charge in [0.15, 0.2) is 0 Å². The van der Waals surface area contributed by atoms with Gasteiger partial charge in [0.05, 0.1) is 12.6 Å². The van der Waals surface area contributed by atoms with Gasteiger partial charge in [-0.25, -0.2) is 4.79 Å². The fraction of sp³-hybridized carbons (Fsp3) is 0.533. The molecule has 0 spiro atoms. The van der Waals surface area contributed by atoms with Crippen LogP contribution in [-0.4, -0.2) is 32.3 Å². The number of hydrogen-bond acceptors (Lipinski definition) is 3. The fourth-order valence-corrected chi connectivity index (χ4v) is 1.78. The van der Waals surface area contributed by atoms with Gasteiger partial charge in [0, 0.05) is 18.3 Å². The minimum atomic E-state index is -0.216. The smallest absolute Gasteiger partial charge is 0.319 e. The summed E-state index contributed by atoms with van der Waals surface area (Å²) in [5.74, 6) is 0. The van der Waals surface area contributed by atoms with Gasteiger partial charge in [0.2, 0.25) is 0 Å². The Balaban J connectivity index is 2.53. The van der Waals surface area contributed by atoms with Gasteiger partial charge in [-0.05, 0) is 45.5 Å². The van der Waals surface area contributed by atoms with Gasteiger partial charge in [0.1, 0.15) is 0 Å². The number of ether oxygens (including phenoxy) is 1. The number of rotatable bonds is 7. The van der Waals surface area contributed by atoms with Crippen LogP contribution in [0.15, 0.2) is 24.3 Å². The largest absolute Gasteiger partial charge is 0.380 e.